The van der Waals surface area contributed by atoms with Crippen molar-refractivity contribution < 1.29 is 8.42 Å². The summed E-state index contributed by atoms with van der Waals surface area (Å²) in [6, 6.07) is 15.6. The fourth-order valence-corrected chi connectivity index (χ4v) is 2.74. The summed E-state index contributed by atoms with van der Waals surface area (Å²) in [5, 5.41) is 4.42. The maximum Gasteiger partial charge on any atom is 0.276 e. The molecular weight excluding hydrogens is 308 g/mol. The van der Waals surface area contributed by atoms with Crippen LogP contribution in [0, 0.1) is 0 Å². The lowest BCUT2D eigenvalue weighted by Crippen LogP contribution is -2.20. The van der Waals surface area contributed by atoms with Crippen LogP contribution in [0.5, 0.6) is 0 Å². The second-order valence-electron chi connectivity index (χ2n) is 4.56. The molecule has 2 aromatic rings. The highest BCUT2D eigenvalue weighted by molar-refractivity contribution is 7.89. The lowest BCUT2D eigenvalue weighted by Gasteiger charge is -2.05. The van der Waals surface area contributed by atoms with Gasteiger partial charge in [0.15, 0.2) is 0 Å². The van der Waals surface area contributed by atoms with E-state index in [0.29, 0.717) is 17.2 Å². The third kappa shape index (κ3) is 4.58. The standard InChI is InChI=1S/C15H15ClN2O2S/c1-12(11-13-5-3-2-4-6-13)17-18-21(19,20)15-9-7-14(16)8-10-15/h2-10,18H,11H2,1H3/b17-12+. The summed E-state index contributed by atoms with van der Waals surface area (Å²) in [7, 11) is -3.66. The molecule has 0 fully saturated rings. The Labute approximate surface area is 129 Å². The molecule has 0 bridgehead atoms. The monoisotopic (exact) mass is 322 g/mol. The van der Waals surface area contributed by atoms with E-state index in [1.54, 1.807) is 6.92 Å². The number of benzene rings is 2. The molecule has 1 N–H and O–H groups in total. The first kappa shape index (κ1) is 15.5. The SMILES string of the molecule is C/C(Cc1ccccc1)=N\NS(=O)(=O)c1ccc(Cl)cc1. The predicted octanol–water partition coefficient (Wildman–Crippen LogP) is 3.24. The van der Waals surface area contributed by atoms with E-state index in [1.165, 1.54) is 24.3 Å². The highest BCUT2D eigenvalue weighted by atomic mass is 35.5. The first-order valence-electron chi connectivity index (χ1n) is 6.32. The van der Waals surface area contributed by atoms with Crippen molar-refractivity contribution in [3.05, 3.63) is 65.2 Å². The van der Waals surface area contributed by atoms with E-state index in [9.17, 15) is 8.42 Å². The van der Waals surface area contributed by atoms with Crippen LogP contribution in [0.4, 0.5) is 0 Å². The Morgan fingerprint density at radius 3 is 2.33 bits per heavy atom. The number of hydrazone groups is 1. The molecule has 0 aliphatic rings. The lowest BCUT2D eigenvalue weighted by atomic mass is 10.1. The Morgan fingerprint density at radius 2 is 1.71 bits per heavy atom. The maximum absolute atomic E-state index is 12.0. The van der Waals surface area contributed by atoms with Gasteiger partial charge in [0.2, 0.25) is 0 Å². The summed E-state index contributed by atoms with van der Waals surface area (Å²) in [5.74, 6) is 0. The summed E-state index contributed by atoms with van der Waals surface area (Å²) in [4.78, 5) is 2.36. The summed E-state index contributed by atoms with van der Waals surface area (Å²) in [6.07, 6.45) is 0.587. The minimum atomic E-state index is -3.66. The molecule has 0 aliphatic heterocycles. The molecule has 4 nitrogen and oxygen atoms in total. The third-order valence-corrected chi connectivity index (χ3v) is 4.26. The van der Waals surface area contributed by atoms with Crippen molar-refractivity contribution in [1.82, 2.24) is 4.83 Å². The largest absolute Gasteiger partial charge is 0.276 e. The van der Waals surface area contributed by atoms with E-state index in [1.807, 2.05) is 30.3 Å². The van der Waals surface area contributed by atoms with Crippen LogP contribution >= 0.6 is 11.6 Å². The van der Waals surface area contributed by atoms with Gasteiger partial charge in [0.1, 0.15) is 0 Å². The topological polar surface area (TPSA) is 58.5 Å². The minimum Gasteiger partial charge on any atom is -0.200 e. The molecule has 0 unspecified atom stereocenters. The minimum absolute atomic E-state index is 0.128. The Hall–Kier alpha value is -1.85. The second kappa shape index (κ2) is 6.74. The second-order valence-corrected chi connectivity index (χ2v) is 6.66. The van der Waals surface area contributed by atoms with Crippen molar-refractivity contribution in [3.63, 3.8) is 0 Å². The van der Waals surface area contributed by atoms with Crippen LogP contribution in [-0.2, 0) is 16.4 Å². The summed E-state index contributed by atoms with van der Waals surface area (Å²) in [5.41, 5.74) is 1.75. The number of hydrogen-bond donors (Lipinski definition) is 1. The van der Waals surface area contributed by atoms with Crippen molar-refractivity contribution in [2.24, 2.45) is 5.10 Å². The molecule has 6 heteroatoms. The van der Waals surface area contributed by atoms with Crippen LogP contribution in [0.3, 0.4) is 0 Å². The Bertz CT molecular complexity index is 726. The molecule has 21 heavy (non-hydrogen) atoms. The van der Waals surface area contributed by atoms with Crippen molar-refractivity contribution in [1.29, 1.82) is 0 Å². The smallest absolute Gasteiger partial charge is 0.200 e. The first-order valence-corrected chi connectivity index (χ1v) is 8.18. The molecule has 0 amide bonds. The van der Waals surface area contributed by atoms with Gasteiger partial charge in [-0.15, -0.1) is 0 Å². The molecule has 2 rings (SSSR count). The van der Waals surface area contributed by atoms with Gasteiger partial charge in [-0.05, 0) is 36.8 Å². The number of halogens is 1. The van der Waals surface area contributed by atoms with Gasteiger partial charge in [-0.2, -0.15) is 13.5 Å². The fraction of sp³-hybridized carbons (Fsp3) is 0.133. The number of nitrogens with zero attached hydrogens (tertiary/aromatic N) is 1. The van der Waals surface area contributed by atoms with E-state index in [4.69, 9.17) is 11.6 Å². The van der Waals surface area contributed by atoms with E-state index >= 15 is 0 Å². The van der Waals surface area contributed by atoms with E-state index in [0.717, 1.165) is 5.56 Å². The van der Waals surface area contributed by atoms with Crippen LogP contribution in [0.1, 0.15) is 12.5 Å². The van der Waals surface area contributed by atoms with Gasteiger partial charge in [0, 0.05) is 17.2 Å². The molecule has 110 valence electrons. The first-order chi connectivity index (χ1) is 9.97. The van der Waals surface area contributed by atoms with Crippen LogP contribution < -0.4 is 4.83 Å². The number of hydrogen-bond acceptors (Lipinski definition) is 3. The predicted molar refractivity (Wildman–Crippen MR) is 85.0 cm³/mol. The zero-order valence-corrected chi connectivity index (χ0v) is 13.0. The number of sulfonamides is 1. The Kier molecular flexibility index (Phi) is 4.98. The summed E-state index contributed by atoms with van der Waals surface area (Å²) < 4.78 is 24.1. The lowest BCUT2D eigenvalue weighted by molar-refractivity contribution is 0.584. The van der Waals surface area contributed by atoms with Crippen LogP contribution in [0.25, 0.3) is 0 Å². The Balaban J connectivity index is 2.06. The van der Waals surface area contributed by atoms with E-state index in [2.05, 4.69) is 9.93 Å². The van der Waals surface area contributed by atoms with E-state index in [-0.39, 0.29) is 4.90 Å². The van der Waals surface area contributed by atoms with Gasteiger partial charge in [-0.1, -0.05) is 41.9 Å². The van der Waals surface area contributed by atoms with Gasteiger partial charge >= 0.3 is 0 Å². The van der Waals surface area contributed by atoms with Gasteiger partial charge in [0.25, 0.3) is 10.0 Å². The summed E-state index contributed by atoms with van der Waals surface area (Å²) >= 11 is 5.74. The van der Waals surface area contributed by atoms with Gasteiger partial charge < -0.3 is 0 Å². The zero-order valence-electron chi connectivity index (χ0n) is 11.5. The summed E-state index contributed by atoms with van der Waals surface area (Å²) in [6.45, 7) is 1.78. The van der Waals surface area contributed by atoms with Crippen molar-refractivity contribution in [2.75, 3.05) is 0 Å². The maximum atomic E-state index is 12.0. The highest BCUT2D eigenvalue weighted by Crippen LogP contribution is 2.13. The molecule has 0 aromatic heterocycles. The molecular formula is C15H15ClN2O2S. The molecule has 0 aliphatic carbocycles. The van der Waals surface area contributed by atoms with Gasteiger partial charge in [-0.3, -0.25) is 0 Å². The molecule has 0 spiro atoms. The van der Waals surface area contributed by atoms with Crippen LogP contribution in [0.2, 0.25) is 5.02 Å². The number of rotatable bonds is 5. The molecule has 0 radical (unpaired) electrons. The third-order valence-electron chi connectivity index (χ3n) is 2.78. The molecule has 2 aromatic carbocycles. The quantitative estimate of drug-likeness (QED) is 0.678. The highest BCUT2D eigenvalue weighted by Gasteiger charge is 2.12. The van der Waals surface area contributed by atoms with Crippen LogP contribution in [0.15, 0.2) is 64.6 Å². The average Bonchev–Trinajstić information content (AvgIpc) is 2.47. The van der Waals surface area contributed by atoms with Gasteiger partial charge in [-0.25, -0.2) is 4.83 Å². The molecule has 0 saturated heterocycles. The fourth-order valence-electron chi connectivity index (χ4n) is 1.74. The normalized spacial score (nSPS) is 12.2. The van der Waals surface area contributed by atoms with Crippen molar-refractivity contribution in [2.45, 2.75) is 18.2 Å². The van der Waals surface area contributed by atoms with Crippen molar-refractivity contribution in [3.8, 4) is 0 Å². The molecule has 0 atom stereocenters. The van der Waals surface area contributed by atoms with E-state index < -0.39 is 10.0 Å². The van der Waals surface area contributed by atoms with Crippen molar-refractivity contribution >= 4 is 27.3 Å². The average molecular weight is 323 g/mol. The zero-order chi connectivity index (χ0) is 15.3. The molecule has 0 heterocycles. The molecule has 0 saturated carbocycles. The Morgan fingerprint density at radius 1 is 1.10 bits per heavy atom. The van der Waals surface area contributed by atoms with Crippen LogP contribution in [-0.4, -0.2) is 14.1 Å². The number of nitrogens with one attached hydrogen (secondary N) is 1. The van der Waals surface area contributed by atoms with Gasteiger partial charge in [0.05, 0.1) is 4.90 Å².